The van der Waals surface area contributed by atoms with E-state index in [0.29, 0.717) is 12.5 Å². The van der Waals surface area contributed by atoms with Crippen LogP contribution < -0.4 is 10.5 Å². The molecule has 2 atom stereocenters. The van der Waals surface area contributed by atoms with Gasteiger partial charge in [-0.3, -0.25) is 0 Å². The highest BCUT2D eigenvalue weighted by Gasteiger charge is 2.37. The van der Waals surface area contributed by atoms with Gasteiger partial charge in [-0.2, -0.15) is 0 Å². The van der Waals surface area contributed by atoms with E-state index in [1.807, 2.05) is 6.92 Å². The van der Waals surface area contributed by atoms with Crippen molar-refractivity contribution in [2.45, 2.75) is 45.8 Å². The monoisotopic (exact) mass is 263 g/mol. The molecule has 1 fully saturated rings. The van der Waals surface area contributed by atoms with Gasteiger partial charge in [-0.25, -0.2) is 0 Å². The summed E-state index contributed by atoms with van der Waals surface area (Å²) >= 11 is 0. The molecule has 1 aliphatic rings. The molecule has 106 valence electrons. The van der Waals surface area contributed by atoms with E-state index in [2.05, 4.69) is 26.0 Å². The molecule has 0 radical (unpaired) electrons. The van der Waals surface area contributed by atoms with Crippen LogP contribution in [0.3, 0.4) is 0 Å². The second kappa shape index (κ2) is 5.93. The van der Waals surface area contributed by atoms with Crippen molar-refractivity contribution in [1.82, 2.24) is 0 Å². The Balaban J connectivity index is 2.33. The van der Waals surface area contributed by atoms with Crippen molar-refractivity contribution in [3.8, 4) is 5.75 Å². The van der Waals surface area contributed by atoms with Gasteiger partial charge in [0.1, 0.15) is 5.75 Å². The molecule has 2 rings (SSSR count). The summed E-state index contributed by atoms with van der Waals surface area (Å²) in [5, 5.41) is 0. The molecule has 1 aromatic carbocycles. The molecule has 0 saturated heterocycles. The summed E-state index contributed by atoms with van der Waals surface area (Å²) in [5.74, 6) is 1.50. The summed E-state index contributed by atoms with van der Waals surface area (Å²) < 4.78 is 11.4. The summed E-state index contributed by atoms with van der Waals surface area (Å²) in [5.41, 5.74) is 9.97. The van der Waals surface area contributed by atoms with E-state index >= 15 is 0 Å². The van der Waals surface area contributed by atoms with Crippen molar-refractivity contribution in [2.75, 3.05) is 13.7 Å². The summed E-state index contributed by atoms with van der Waals surface area (Å²) in [6.45, 7) is 6.91. The first-order valence-corrected chi connectivity index (χ1v) is 7.10. The zero-order valence-electron chi connectivity index (χ0n) is 12.4. The Labute approximate surface area is 116 Å². The van der Waals surface area contributed by atoms with Gasteiger partial charge in [-0.1, -0.05) is 6.07 Å². The van der Waals surface area contributed by atoms with E-state index in [4.69, 9.17) is 15.2 Å². The van der Waals surface area contributed by atoms with Gasteiger partial charge in [0.2, 0.25) is 0 Å². The van der Waals surface area contributed by atoms with Crippen LogP contribution in [-0.2, 0) is 4.74 Å². The van der Waals surface area contributed by atoms with E-state index in [9.17, 15) is 0 Å². The Hall–Kier alpha value is -1.06. The van der Waals surface area contributed by atoms with Crippen LogP contribution in [0.4, 0.5) is 0 Å². The fourth-order valence-corrected chi connectivity index (χ4v) is 2.85. The van der Waals surface area contributed by atoms with Crippen molar-refractivity contribution in [1.29, 1.82) is 0 Å². The maximum absolute atomic E-state index is 6.49. The van der Waals surface area contributed by atoms with Crippen LogP contribution in [0.1, 0.15) is 42.5 Å². The highest BCUT2D eigenvalue weighted by atomic mass is 16.5. The Bertz CT molecular complexity index is 441. The van der Waals surface area contributed by atoms with Crippen molar-refractivity contribution in [3.63, 3.8) is 0 Å². The first kappa shape index (κ1) is 14.4. The van der Waals surface area contributed by atoms with Crippen molar-refractivity contribution in [2.24, 2.45) is 11.7 Å². The largest absolute Gasteiger partial charge is 0.496 e. The van der Waals surface area contributed by atoms with Crippen LogP contribution in [0.15, 0.2) is 12.1 Å². The fourth-order valence-electron chi connectivity index (χ4n) is 2.85. The third kappa shape index (κ3) is 3.10. The normalized spacial score (nSPS) is 18.2. The molecular weight excluding hydrogens is 238 g/mol. The van der Waals surface area contributed by atoms with Crippen molar-refractivity contribution in [3.05, 3.63) is 28.8 Å². The van der Waals surface area contributed by atoms with Crippen LogP contribution in [0.25, 0.3) is 0 Å². The highest BCUT2D eigenvalue weighted by molar-refractivity contribution is 5.45. The molecule has 0 aliphatic heterocycles. The molecule has 0 amide bonds. The van der Waals surface area contributed by atoms with Crippen molar-refractivity contribution < 1.29 is 9.47 Å². The van der Waals surface area contributed by atoms with Crippen LogP contribution in [0.2, 0.25) is 0 Å². The molecule has 0 bridgehead atoms. The van der Waals surface area contributed by atoms with E-state index < -0.39 is 0 Å². The number of hydrogen-bond donors (Lipinski definition) is 1. The maximum atomic E-state index is 6.49. The molecule has 3 nitrogen and oxygen atoms in total. The maximum Gasteiger partial charge on any atom is 0.124 e. The molecule has 2 unspecified atom stereocenters. The van der Waals surface area contributed by atoms with E-state index in [0.717, 1.165) is 11.3 Å². The quantitative estimate of drug-likeness (QED) is 0.857. The Morgan fingerprint density at radius 2 is 2.00 bits per heavy atom. The number of methoxy groups -OCH3 is 1. The lowest BCUT2D eigenvalue weighted by molar-refractivity contribution is 0.0276. The molecule has 1 saturated carbocycles. The number of ether oxygens (including phenoxy) is 2. The van der Waals surface area contributed by atoms with E-state index in [-0.39, 0.29) is 12.1 Å². The first-order valence-electron chi connectivity index (χ1n) is 7.10. The third-order valence-electron chi connectivity index (χ3n) is 3.85. The molecule has 1 aliphatic carbocycles. The zero-order valence-corrected chi connectivity index (χ0v) is 12.4. The van der Waals surface area contributed by atoms with Gasteiger partial charge in [0.15, 0.2) is 0 Å². The van der Waals surface area contributed by atoms with Gasteiger partial charge in [0.25, 0.3) is 0 Å². The Kier molecular flexibility index (Phi) is 4.48. The van der Waals surface area contributed by atoms with Crippen molar-refractivity contribution >= 4 is 0 Å². The number of aryl methyl sites for hydroxylation is 2. The van der Waals surface area contributed by atoms with Gasteiger partial charge in [0, 0.05) is 12.2 Å². The summed E-state index contributed by atoms with van der Waals surface area (Å²) in [6.07, 6.45) is 2.57. The molecule has 19 heavy (non-hydrogen) atoms. The Morgan fingerprint density at radius 1 is 1.32 bits per heavy atom. The molecule has 1 aromatic rings. The van der Waals surface area contributed by atoms with E-state index in [1.165, 1.54) is 24.0 Å². The topological polar surface area (TPSA) is 44.5 Å². The summed E-state index contributed by atoms with van der Waals surface area (Å²) in [6, 6.07) is 4.11. The lowest BCUT2D eigenvalue weighted by atomic mass is 9.93. The lowest BCUT2D eigenvalue weighted by Crippen LogP contribution is -2.32. The van der Waals surface area contributed by atoms with Gasteiger partial charge in [-0.15, -0.1) is 0 Å². The highest BCUT2D eigenvalue weighted by Crippen LogP contribution is 2.42. The predicted octanol–water partition coefficient (Wildman–Crippen LogP) is 3.13. The molecule has 0 aromatic heterocycles. The summed E-state index contributed by atoms with van der Waals surface area (Å²) in [7, 11) is 1.71. The minimum Gasteiger partial charge on any atom is -0.496 e. The van der Waals surface area contributed by atoms with Crippen LogP contribution >= 0.6 is 0 Å². The standard InChI is InChI=1S/C16H25NO2/c1-5-19-16(12-6-7-12)15(17)14-11(3)8-10(2)9-13(14)18-4/h8-9,12,15-16H,5-7,17H2,1-4H3. The summed E-state index contributed by atoms with van der Waals surface area (Å²) in [4.78, 5) is 0. The van der Waals surface area contributed by atoms with Gasteiger partial charge in [0.05, 0.1) is 19.3 Å². The predicted molar refractivity (Wildman–Crippen MR) is 77.5 cm³/mol. The Morgan fingerprint density at radius 3 is 2.53 bits per heavy atom. The first-order chi connectivity index (χ1) is 9.08. The molecular formula is C16H25NO2. The smallest absolute Gasteiger partial charge is 0.124 e. The van der Waals surface area contributed by atoms with Crippen LogP contribution in [0.5, 0.6) is 5.75 Å². The van der Waals surface area contributed by atoms with E-state index in [1.54, 1.807) is 7.11 Å². The molecule has 0 heterocycles. The number of rotatable bonds is 6. The minimum atomic E-state index is -0.108. The second-order valence-corrected chi connectivity index (χ2v) is 5.48. The van der Waals surface area contributed by atoms with Crippen LogP contribution in [-0.4, -0.2) is 19.8 Å². The van der Waals surface area contributed by atoms with Gasteiger partial charge < -0.3 is 15.2 Å². The zero-order chi connectivity index (χ0) is 14.0. The number of hydrogen-bond acceptors (Lipinski definition) is 3. The molecule has 0 spiro atoms. The molecule has 2 N–H and O–H groups in total. The SMILES string of the molecule is CCOC(C1CC1)C(N)c1c(C)cc(C)cc1OC. The second-order valence-electron chi connectivity index (χ2n) is 5.48. The average Bonchev–Trinajstić information content (AvgIpc) is 3.18. The molecule has 3 heteroatoms. The lowest BCUT2D eigenvalue weighted by Gasteiger charge is -2.27. The van der Waals surface area contributed by atoms with Crippen LogP contribution in [0, 0.1) is 19.8 Å². The fraction of sp³-hybridized carbons (Fsp3) is 0.625. The number of benzene rings is 1. The number of nitrogens with two attached hydrogens (primary N) is 1. The van der Waals surface area contributed by atoms with Gasteiger partial charge in [-0.05, 0) is 56.7 Å². The minimum absolute atomic E-state index is 0.108. The third-order valence-corrected chi connectivity index (χ3v) is 3.85. The average molecular weight is 263 g/mol. The van der Waals surface area contributed by atoms with Gasteiger partial charge >= 0.3 is 0 Å².